The van der Waals surface area contributed by atoms with Gasteiger partial charge in [-0.05, 0) is 30.4 Å². The summed E-state index contributed by atoms with van der Waals surface area (Å²) in [6, 6.07) is 10.2. The van der Waals surface area contributed by atoms with E-state index in [0.717, 1.165) is 66.6 Å². The van der Waals surface area contributed by atoms with Crippen molar-refractivity contribution in [2.75, 3.05) is 0 Å². The monoisotopic (exact) mass is 421 g/mol. The summed E-state index contributed by atoms with van der Waals surface area (Å²) in [4.78, 5) is 16.0. The van der Waals surface area contributed by atoms with Gasteiger partial charge in [0.05, 0.1) is 12.1 Å². The van der Waals surface area contributed by atoms with E-state index in [1.54, 1.807) is 6.20 Å². The number of rotatable bonds is 10. The van der Waals surface area contributed by atoms with Gasteiger partial charge in [0, 0.05) is 30.1 Å². The Bertz CT molecular complexity index is 1080. The Morgan fingerprint density at radius 3 is 2.52 bits per heavy atom. The summed E-state index contributed by atoms with van der Waals surface area (Å²) in [6.45, 7) is 5.66. The van der Waals surface area contributed by atoms with Gasteiger partial charge in [-0.15, -0.1) is 0 Å². The summed E-state index contributed by atoms with van der Waals surface area (Å²) in [6.07, 6.45) is 10.9. The highest BCUT2D eigenvalue weighted by Crippen LogP contribution is 2.23. The molecule has 164 valence electrons. The molecule has 3 rings (SSSR count). The lowest BCUT2D eigenvalue weighted by Crippen LogP contribution is -2.25. The Morgan fingerprint density at radius 2 is 1.84 bits per heavy atom. The zero-order valence-corrected chi connectivity index (χ0v) is 18.5. The van der Waals surface area contributed by atoms with Crippen LogP contribution in [0.2, 0.25) is 0 Å². The SMILES string of the molecule is CCCCc1cn(CCCC)c(=O)n1Cc1ccc(-c2cc[nH+]cc2/C(N)=N/N)cc1. The van der Waals surface area contributed by atoms with E-state index >= 15 is 0 Å². The Balaban J connectivity index is 1.88. The molecular weight excluding hydrogens is 388 g/mol. The molecule has 1 aromatic carbocycles. The van der Waals surface area contributed by atoms with E-state index in [1.165, 1.54) is 0 Å². The van der Waals surface area contributed by atoms with Crippen molar-refractivity contribution in [1.82, 2.24) is 9.13 Å². The molecule has 0 saturated carbocycles. The number of amidine groups is 1. The second-order valence-electron chi connectivity index (χ2n) is 7.82. The van der Waals surface area contributed by atoms with Crippen molar-refractivity contribution in [3.63, 3.8) is 0 Å². The predicted octanol–water partition coefficient (Wildman–Crippen LogP) is 2.90. The van der Waals surface area contributed by atoms with Crippen LogP contribution in [-0.2, 0) is 19.5 Å². The van der Waals surface area contributed by atoms with Gasteiger partial charge in [0.2, 0.25) is 0 Å². The first-order valence-corrected chi connectivity index (χ1v) is 11.0. The van der Waals surface area contributed by atoms with Crippen molar-refractivity contribution in [2.45, 2.75) is 59.0 Å². The van der Waals surface area contributed by atoms with Crippen molar-refractivity contribution in [3.8, 4) is 11.1 Å². The molecule has 5 N–H and O–H groups in total. The number of pyridine rings is 1. The van der Waals surface area contributed by atoms with E-state index in [4.69, 9.17) is 11.6 Å². The molecule has 0 saturated heterocycles. The van der Waals surface area contributed by atoms with Gasteiger partial charge in [-0.3, -0.25) is 9.13 Å². The van der Waals surface area contributed by atoms with Crippen molar-refractivity contribution in [3.05, 3.63) is 76.2 Å². The average molecular weight is 422 g/mol. The predicted molar refractivity (Wildman–Crippen MR) is 125 cm³/mol. The third kappa shape index (κ3) is 5.23. The molecule has 7 heteroatoms. The number of hydrogen-bond donors (Lipinski definition) is 2. The minimum atomic E-state index is 0.0800. The number of imidazole rings is 1. The van der Waals surface area contributed by atoms with Gasteiger partial charge in [-0.1, -0.05) is 51.0 Å². The molecule has 2 heterocycles. The van der Waals surface area contributed by atoms with Crippen LogP contribution >= 0.6 is 0 Å². The third-order valence-electron chi connectivity index (χ3n) is 5.55. The molecule has 0 bridgehead atoms. The smallest absolute Gasteiger partial charge is 0.328 e. The lowest BCUT2D eigenvalue weighted by atomic mass is 10.00. The molecule has 3 aromatic rings. The Hall–Kier alpha value is -3.35. The minimum absolute atomic E-state index is 0.0800. The summed E-state index contributed by atoms with van der Waals surface area (Å²) >= 11 is 0. The number of aromatic nitrogens is 3. The van der Waals surface area contributed by atoms with E-state index < -0.39 is 0 Å². The number of nitrogens with two attached hydrogens (primary N) is 2. The number of H-pyrrole nitrogens is 1. The summed E-state index contributed by atoms with van der Waals surface area (Å²) in [5, 5.41) is 3.62. The van der Waals surface area contributed by atoms with Gasteiger partial charge in [0.15, 0.2) is 18.2 Å². The fraction of sp³-hybridized carbons (Fsp3) is 0.375. The van der Waals surface area contributed by atoms with Gasteiger partial charge in [-0.2, -0.15) is 5.10 Å². The molecule has 0 aliphatic rings. The number of hydrogen-bond acceptors (Lipinski definition) is 3. The van der Waals surface area contributed by atoms with Crippen LogP contribution in [0.25, 0.3) is 11.1 Å². The lowest BCUT2D eigenvalue weighted by molar-refractivity contribution is -0.377. The van der Waals surface area contributed by atoms with E-state index in [0.29, 0.717) is 6.54 Å². The normalized spacial score (nSPS) is 11.7. The van der Waals surface area contributed by atoms with E-state index in [9.17, 15) is 4.79 Å². The maximum atomic E-state index is 13.0. The molecule has 0 aliphatic heterocycles. The van der Waals surface area contributed by atoms with Crippen LogP contribution in [0.4, 0.5) is 0 Å². The second kappa shape index (κ2) is 10.6. The molecule has 0 fully saturated rings. The van der Waals surface area contributed by atoms with Crippen molar-refractivity contribution < 1.29 is 4.98 Å². The number of unbranched alkanes of at least 4 members (excludes halogenated alkanes) is 2. The summed E-state index contributed by atoms with van der Waals surface area (Å²) in [5.41, 5.74) is 10.9. The third-order valence-corrected chi connectivity index (χ3v) is 5.55. The molecule has 7 nitrogen and oxygen atoms in total. The Morgan fingerprint density at radius 1 is 1.10 bits per heavy atom. The first-order chi connectivity index (χ1) is 15.1. The molecule has 0 spiro atoms. The molecular formula is C24H33N6O+. The largest absolute Gasteiger partial charge is 0.382 e. The van der Waals surface area contributed by atoms with Gasteiger partial charge >= 0.3 is 5.69 Å². The highest BCUT2D eigenvalue weighted by atomic mass is 16.1. The number of nitrogens with zero attached hydrogens (tertiary/aromatic N) is 3. The topological polar surface area (TPSA) is 105 Å². The van der Waals surface area contributed by atoms with Gasteiger partial charge < -0.3 is 11.6 Å². The summed E-state index contributed by atoms with van der Waals surface area (Å²) in [7, 11) is 0. The quantitative estimate of drug-likeness (QED) is 0.227. The van der Waals surface area contributed by atoms with Crippen molar-refractivity contribution >= 4 is 5.84 Å². The zero-order chi connectivity index (χ0) is 22.2. The van der Waals surface area contributed by atoms with Crippen LogP contribution in [0, 0.1) is 0 Å². The molecule has 0 aliphatic carbocycles. The Kier molecular flexibility index (Phi) is 7.65. The van der Waals surface area contributed by atoms with Crippen LogP contribution in [0.5, 0.6) is 0 Å². The number of nitrogens with one attached hydrogen (secondary N) is 1. The first kappa shape index (κ1) is 22.3. The minimum Gasteiger partial charge on any atom is -0.382 e. The lowest BCUT2D eigenvalue weighted by Gasteiger charge is -2.09. The maximum Gasteiger partial charge on any atom is 0.328 e. The van der Waals surface area contributed by atoms with Crippen molar-refractivity contribution in [2.24, 2.45) is 16.7 Å². The van der Waals surface area contributed by atoms with Gasteiger partial charge in [0.1, 0.15) is 0 Å². The fourth-order valence-corrected chi connectivity index (χ4v) is 3.73. The molecule has 2 aromatic heterocycles. The second-order valence-corrected chi connectivity index (χ2v) is 7.82. The highest BCUT2D eigenvalue weighted by molar-refractivity contribution is 6.02. The van der Waals surface area contributed by atoms with Crippen LogP contribution in [0.3, 0.4) is 0 Å². The number of aryl methyl sites for hydroxylation is 2. The Labute approximate surface area is 183 Å². The first-order valence-electron chi connectivity index (χ1n) is 11.0. The van der Waals surface area contributed by atoms with E-state index in [-0.39, 0.29) is 11.5 Å². The molecule has 0 unspecified atom stereocenters. The average Bonchev–Trinajstić information content (AvgIpc) is 3.10. The van der Waals surface area contributed by atoms with Gasteiger partial charge in [0.25, 0.3) is 0 Å². The molecule has 31 heavy (non-hydrogen) atoms. The maximum absolute atomic E-state index is 13.0. The van der Waals surface area contributed by atoms with E-state index in [2.05, 4.69) is 36.1 Å². The molecule has 0 radical (unpaired) electrons. The van der Waals surface area contributed by atoms with Crippen LogP contribution in [-0.4, -0.2) is 15.0 Å². The number of hydrazone groups is 1. The van der Waals surface area contributed by atoms with Crippen LogP contribution < -0.4 is 22.3 Å². The fourth-order valence-electron chi connectivity index (χ4n) is 3.73. The summed E-state index contributed by atoms with van der Waals surface area (Å²) in [5.74, 6) is 5.65. The number of benzene rings is 1. The number of aromatic amines is 1. The van der Waals surface area contributed by atoms with Crippen LogP contribution in [0.1, 0.15) is 56.4 Å². The van der Waals surface area contributed by atoms with Crippen LogP contribution in [0.15, 0.2) is 58.8 Å². The van der Waals surface area contributed by atoms with Crippen molar-refractivity contribution in [1.29, 1.82) is 0 Å². The zero-order valence-electron chi connectivity index (χ0n) is 18.5. The summed E-state index contributed by atoms with van der Waals surface area (Å²) < 4.78 is 3.78. The standard InChI is InChI=1S/C24H32N6O/c1-3-5-7-20-17-29(14-6-4-2)24(31)30(20)16-18-8-10-19(11-9-18)21-12-13-27-15-22(21)23(25)28-26/h8-13,15,17H,3-7,14,16,26H2,1-2H3,(H2,25,28)/p+1. The highest BCUT2D eigenvalue weighted by Gasteiger charge is 2.13. The van der Waals surface area contributed by atoms with Gasteiger partial charge in [-0.25, -0.2) is 9.78 Å². The molecule has 0 amide bonds. The van der Waals surface area contributed by atoms with E-state index in [1.807, 2.05) is 39.7 Å². The molecule has 0 atom stereocenters.